The number of carbonyl (C=O) groups is 3. The van der Waals surface area contributed by atoms with E-state index in [1.165, 1.54) is 12.3 Å². The molecule has 122 valence electrons. The molecule has 1 atom stereocenters. The SMILES string of the molecule is CC(C)(C)C(=O)CCC(=O)CC1=NC=CC(C(=O)O)[N+]1(C)C. The zero-order chi connectivity index (χ0) is 17.1. The van der Waals surface area contributed by atoms with E-state index in [2.05, 4.69) is 4.99 Å². The summed E-state index contributed by atoms with van der Waals surface area (Å²) >= 11 is 0. The largest absolute Gasteiger partial charge is 0.477 e. The van der Waals surface area contributed by atoms with Gasteiger partial charge in [-0.3, -0.25) is 14.1 Å². The molecule has 0 bridgehead atoms. The molecule has 1 heterocycles. The van der Waals surface area contributed by atoms with Crippen LogP contribution in [0, 0.1) is 5.41 Å². The maximum absolute atomic E-state index is 12.1. The van der Waals surface area contributed by atoms with Crippen molar-refractivity contribution in [2.45, 2.75) is 46.1 Å². The van der Waals surface area contributed by atoms with Crippen LogP contribution in [0.15, 0.2) is 17.3 Å². The van der Waals surface area contributed by atoms with Crippen LogP contribution in [-0.2, 0) is 14.4 Å². The molecular weight excluding hydrogens is 284 g/mol. The van der Waals surface area contributed by atoms with Gasteiger partial charge in [0.05, 0.1) is 14.1 Å². The zero-order valence-electron chi connectivity index (χ0n) is 13.9. The molecule has 1 N–H and O–H groups in total. The van der Waals surface area contributed by atoms with Gasteiger partial charge in [-0.05, 0) is 0 Å². The third kappa shape index (κ3) is 4.34. The summed E-state index contributed by atoms with van der Waals surface area (Å²) in [6.45, 7) is 5.48. The summed E-state index contributed by atoms with van der Waals surface area (Å²) in [5, 5.41) is 9.24. The molecule has 1 aliphatic heterocycles. The van der Waals surface area contributed by atoms with Gasteiger partial charge >= 0.3 is 5.97 Å². The van der Waals surface area contributed by atoms with Gasteiger partial charge in [0.1, 0.15) is 18.0 Å². The van der Waals surface area contributed by atoms with Crippen LogP contribution in [0.5, 0.6) is 0 Å². The van der Waals surface area contributed by atoms with Gasteiger partial charge in [-0.25, -0.2) is 9.79 Å². The van der Waals surface area contributed by atoms with Crippen LogP contribution in [-0.4, -0.2) is 53.1 Å². The van der Waals surface area contributed by atoms with Crippen LogP contribution in [0.4, 0.5) is 0 Å². The number of amidine groups is 1. The normalized spacial score (nSPS) is 20.4. The fourth-order valence-electron chi connectivity index (χ4n) is 2.24. The summed E-state index contributed by atoms with van der Waals surface area (Å²) in [6, 6.07) is -0.753. The van der Waals surface area contributed by atoms with E-state index >= 15 is 0 Å². The van der Waals surface area contributed by atoms with Crippen molar-refractivity contribution < 1.29 is 24.0 Å². The van der Waals surface area contributed by atoms with Gasteiger partial charge in [0.2, 0.25) is 11.9 Å². The molecule has 22 heavy (non-hydrogen) atoms. The van der Waals surface area contributed by atoms with Crippen molar-refractivity contribution in [3.63, 3.8) is 0 Å². The number of ketones is 2. The lowest BCUT2D eigenvalue weighted by atomic mass is 9.87. The van der Waals surface area contributed by atoms with Gasteiger partial charge in [-0.1, -0.05) is 20.8 Å². The number of likely N-dealkylation sites (N-methyl/N-ethyl adjacent to an activating group) is 1. The average molecular weight is 309 g/mol. The lowest BCUT2D eigenvalue weighted by Gasteiger charge is -2.35. The van der Waals surface area contributed by atoms with Gasteiger partial charge < -0.3 is 5.11 Å². The van der Waals surface area contributed by atoms with Crippen molar-refractivity contribution in [1.82, 2.24) is 0 Å². The van der Waals surface area contributed by atoms with Gasteiger partial charge in [0.15, 0.2) is 0 Å². The van der Waals surface area contributed by atoms with Crippen LogP contribution in [0.3, 0.4) is 0 Å². The summed E-state index contributed by atoms with van der Waals surface area (Å²) in [7, 11) is 3.43. The summed E-state index contributed by atoms with van der Waals surface area (Å²) in [6.07, 6.45) is 3.39. The number of nitrogens with zero attached hydrogens (tertiary/aromatic N) is 2. The molecule has 0 aromatic carbocycles. The zero-order valence-corrected chi connectivity index (χ0v) is 13.9. The smallest absolute Gasteiger partial charge is 0.367 e. The second-order valence-corrected chi connectivity index (χ2v) is 7.10. The van der Waals surface area contributed by atoms with Crippen molar-refractivity contribution >= 4 is 23.4 Å². The lowest BCUT2D eigenvalue weighted by Crippen LogP contribution is -2.57. The summed E-state index contributed by atoms with van der Waals surface area (Å²) < 4.78 is 0.0186. The molecule has 0 fully saturated rings. The highest BCUT2D eigenvalue weighted by atomic mass is 16.4. The number of aliphatic imine (C=N–C) groups is 1. The Hall–Kier alpha value is -1.82. The van der Waals surface area contributed by atoms with Crippen molar-refractivity contribution in [2.24, 2.45) is 10.4 Å². The van der Waals surface area contributed by atoms with E-state index in [1.54, 1.807) is 14.1 Å². The molecule has 0 aliphatic carbocycles. The molecule has 0 aromatic rings. The average Bonchev–Trinajstić information content (AvgIpc) is 2.36. The minimum atomic E-state index is -0.955. The molecule has 1 rings (SSSR count). The molecule has 0 amide bonds. The fraction of sp³-hybridized carbons (Fsp3) is 0.625. The minimum Gasteiger partial charge on any atom is -0.477 e. The minimum absolute atomic E-state index is 0.0186. The van der Waals surface area contributed by atoms with E-state index in [-0.39, 0.29) is 35.3 Å². The van der Waals surface area contributed by atoms with Gasteiger partial charge in [-0.2, -0.15) is 0 Å². The molecule has 6 nitrogen and oxygen atoms in total. The number of carboxylic acids is 1. The third-order valence-electron chi connectivity index (χ3n) is 3.93. The molecule has 0 saturated heterocycles. The number of quaternary nitrogens is 1. The lowest BCUT2D eigenvalue weighted by molar-refractivity contribution is -0.812. The Morgan fingerprint density at radius 2 is 1.82 bits per heavy atom. The quantitative estimate of drug-likeness (QED) is 0.758. The first-order valence-electron chi connectivity index (χ1n) is 7.31. The predicted molar refractivity (Wildman–Crippen MR) is 83.4 cm³/mol. The van der Waals surface area contributed by atoms with Crippen molar-refractivity contribution in [3.05, 3.63) is 12.3 Å². The Kier molecular flexibility index (Phi) is 5.40. The summed E-state index contributed by atoms with van der Waals surface area (Å²) in [5.74, 6) is -0.502. The first kappa shape index (κ1) is 18.2. The van der Waals surface area contributed by atoms with E-state index in [4.69, 9.17) is 0 Å². The van der Waals surface area contributed by atoms with Crippen LogP contribution in [0.1, 0.15) is 40.0 Å². The molecule has 0 saturated carbocycles. The molecule has 0 radical (unpaired) electrons. The van der Waals surface area contributed by atoms with Gasteiger partial charge in [-0.15, -0.1) is 0 Å². The fourth-order valence-corrected chi connectivity index (χ4v) is 2.24. The first-order valence-corrected chi connectivity index (χ1v) is 7.31. The summed E-state index contributed by atoms with van der Waals surface area (Å²) in [4.78, 5) is 39.4. The second kappa shape index (κ2) is 6.52. The molecule has 0 aromatic heterocycles. The summed E-state index contributed by atoms with van der Waals surface area (Å²) in [5.41, 5.74) is -0.449. The number of carbonyl (C=O) groups excluding carboxylic acids is 2. The Morgan fingerprint density at radius 3 is 2.32 bits per heavy atom. The van der Waals surface area contributed by atoms with E-state index in [9.17, 15) is 19.5 Å². The highest BCUT2D eigenvalue weighted by Crippen LogP contribution is 2.20. The van der Waals surface area contributed by atoms with Crippen LogP contribution in [0.25, 0.3) is 0 Å². The second-order valence-electron chi connectivity index (χ2n) is 7.10. The van der Waals surface area contributed by atoms with Crippen LogP contribution >= 0.6 is 0 Å². The van der Waals surface area contributed by atoms with Gasteiger partial charge in [0, 0.05) is 30.5 Å². The maximum Gasteiger partial charge on any atom is 0.367 e. The molecule has 1 aliphatic rings. The monoisotopic (exact) mass is 309 g/mol. The van der Waals surface area contributed by atoms with Crippen LogP contribution in [0.2, 0.25) is 0 Å². The molecular formula is C16H25N2O4+. The number of aliphatic carboxylic acids is 1. The van der Waals surface area contributed by atoms with Crippen molar-refractivity contribution in [1.29, 1.82) is 0 Å². The number of Topliss-reactive ketones (excluding diaryl/α,β-unsaturated/α-hetero) is 2. The van der Waals surface area contributed by atoms with Crippen molar-refractivity contribution in [3.8, 4) is 0 Å². The first-order chi connectivity index (χ1) is 9.96. The number of hydrogen-bond acceptors (Lipinski definition) is 4. The topological polar surface area (TPSA) is 83.8 Å². The van der Waals surface area contributed by atoms with Crippen molar-refractivity contribution in [2.75, 3.05) is 14.1 Å². The number of rotatable bonds is 6. The predicted octanol–water partition coefficient (Wildman–Crippen LogP) is 1.80. The molecule has 6 heteroatoms. The highest BCUT2D eigenvalue weighted by molar-refractivity contribution is 6.00. The van der Waals surface area contributed by atoms with E-state index in [0.29, 0.717) is 5.84 Å². The van der Waals surface area contributed by atoms with E-state index < -0.39 is 17.4 Å². The highest BCUT2D eigenvalue weighted by Gasteiger charge is 2.40. The third-order valence-corrected chi connectivity index (χ3v) is 3.93. The maximum atomic E-state index is 12.1. The number of hydrogen-bond donors (Lipinski definition) is 1. The van der Waals surface area contributed by atoms with Gasteiger partial charge in [0.25, 0.3) is 0 Å². The Morgan fingerprint density at radius 1 is 1.23 bits per heavy atom. The number of carboxylic acid groups (broad SMARTS) is 1. The standard InChI is InChI=1S/C16H24N2O4/c1-16(2,3)13(20)7-6-11(19)10-14-17-9-8-12(15(21)22)18(14,4)5/h8-9,12H,6-7,10H2,1-5H3/p+1. The Balaban J connectivity index is 2.69. The van der Waals surface area contributed by atoms with Crippen LogP contribution < -0.4 is 0 Å². The Bertz CT molecular complexity index is 539. The van der Waals surface area contributed by atoms with E-state index in [1.807, 2.05) is 20.8 Å². The van der Waals surface area contributed by atoms with E-state index in [0.717, 1.165) is 0 Å². The molecule has 0 spiro atoms. The Labute approximate surface area is 131 Å². The molecule has 1 unspecified atom stereocenters.